The van der Waals surface area contributed by atoms with E-state index in [9.17, 15) is 0 Å². The number of hydrogen-bond donors (Lipinski definition) is 2. The highest BCUT2D eigenvalue weighted by Gasteiger charge is 2.12. The van der Waals surface area contributed by atoms with E-state index in [1.807, 2.05) is 43.3 Å². The van der Waals surface area contributed by atoms with Crippen LogP contribution in [0.3, 0.4) is 0 Å². The molecule has 0 saturated heterocycles. The molecular weight excluding hydrogens is 368 g/mol. The predicted molar refractivity (Wildman–Crippen MR) is 114 cm³/mol. The minimum absolute atomic E-state index is 0.631. The molecule has 2 heterocycles. The summed E-state index contributed by atoms with van der Waals surface area (Å²) in [6.07, 6.45) is 2.41. The number of anilines is 1. The van der Waals surface area contributed by atoms with E-state index in [2.05, 4.69) is 20.3 Å². The van der Waals surface area contributed by atoms with Crippen molar-refractivity contribution in [2.45, 2.75) is 13.3 Å². The lowest BCUT2D eigenvalue weighted by Gasteiger charge is -2.10. The Morgan fingerprint density at radius 1 is 1.00 bits per heavy atom. The number of aromatic amines is 1. The molecule has 0 aliphatic heterocycles. The first-order valence-electron chi connectivity index (χ1n) is 9.57. The van der Waals surface area contributed by atoms with Crippen LogP contribution < -0.4 is 19.5 Å². The summed E-state index contributed by atoms with van der Waals surface area (Å²) in [5.74, 6) is 3.08. The monoisotopic (exact) mass is 392 g/mol. The lowest BCUT2D eigenvalue weighted by molar-refractivity contribution is 0.341. The highest BCUT2D eigenvalue weighted by molar-refractivity contribution is 6.08. The van der Waals surface area contributed by atoms with Crippen LogP contribution in [0.2, 0.25) is 0 Å². The molecule has 0 fully saturated rings. The molecule has 7 heteroatoms. The molecule has 0 bridgehead atoms. The number of aromatic nitrogens is 3. The van der Waals surface area contributed by atoms with Crippen molar-refractivity contribution in [1.82, 2.24) is 15.0 Å². The average Bonchev–Trinajstić information content (AvgIpc) is 3.13. The predicted octanol–water partition coefficient (Wildman–Crippen LogP) is 4.18. The van der Waals surface area contributed by atoms with Gasteiger partial charge in [-0.25, -0.2) is 9.97 Å². The van der Waals surface area contributed by atoms with E-state index >= 15 is 0 Å². The third kappa shape index (κ3) is 3.76. The lowest BCUT2D eigenvalue weighted by Crippen LogP contribution is -2.07. The molecule has 0 radical (unpaired) electrons. The molecule has 7 nitrogen and oxygen atoms in total. The Bertz CT molecular complexity index is 1140. The van der Waals surface area contributed by atoms with Gasteiger partial charge < -0.3 is 24.5 Å². The number of nitrogens with zero attached hydrogens (tertiary/aromatic N) is 2. The van der Waals surface area contributed by atoms with Crippen LogP contribution in [0.5, 0.6) is 17.2 Å². The Balaban J connectivity index is 1.54. The summed E-state index contributed by atoms with van der Waals surface area (Å²) in [6, 6.07) is 11.9. The summed E-state index contributed by atoms with van der Waals surface area (Å²) in [5, 5.41) is 4.44. The van der Waals surface area contributed by atoms with E-state index in [0.717, 1.165) is 63.5 Å². The number of H-pyrrole nitrogens is 1. The van der Waals surface area contributed by atoms with Gasteiger partial charge in [0.05, 0.1) is 20.8 Å². The molecule has 2 aromatic carbocycles. The highest BCUT2D eigenvalue weighted by Crippen LogP contribution is 2.30. The zero-order chi connectivity index (χ0) is 20.2. The number of methoxy groups -OCH3 is 2. The smallest absolute Gasteiger partial charge is 0.160 e. The maximum absolute atomic E-state index is 5.62. The molecule has 0 saturated carbocycles. The fourth-order valence-electron chi connectivity index (χ4n) is 3.42. The van der Waals surface area contributed by atoms with E-state index in [0.29, 0.717) is 6.61 Å². The standard InChI is InChI=1S/C22H24N4O3/c1-4-29-15-6-7-17-16(12-15)20-21(26-17)22(25-13-24-20)23-10-9-14-5-8-18(27-2)19(11-14)28-3/h5-8,11-13,26H,4,9-10H2,1-3H3,(H,23,24,25). The summed E-state index contributed by atoms with van der Waals surface area (Å²) in [6.45, 7) is 3.33. The van der Waals surface area contributed by atoms with Gasteiger partial charge >= 0.3 is 0 Å². The van der Waals surface area contributed by atoms with Gasteiger partial charge in [-0.05, 0) is 49.2 Å². The molecule has 150 valence electrons. The van der Waals surface area contributed by atoms with Crippen molar-refractivity contribution >= 4 is 27.8 Å². The van der Waals surface area contributed by atoms with E-state index in [1.165, 1.54) is 0 Å². The SMILES string of the molecule is CCOc1ccc2[nH]c3c(NCCc4ccc(OC)c(OC)c4)ncnc3c2c1. The third-order valence-corrected chi connectivity index (χ3v) is 4.82. The number of hydrogen-bond acceptors (Lipinski definition) is 6. The van der Waals surface area contributed by atoms with E-state index < -0.39 is 0 Å². The van der Waals surface area contributed by atoms with E-state index in [1.54, 1.807) is 20.5 Å². The van der Waals surface area contributed by atoms with E-state index in [-0.39, 0.29) is 0 Å². The van der Waals surface area contributed by atoms with Crippen LogP contribution in [-0.2, 0) is 6.42 Å². The fraction of sp³-hybridized carbons (Fsp3) is 0.273. The van der Waals surface area contributed by atoms with Crippen molar-refractivity contribution < 1.29 is 14.2 Å². The van der Waals surface area contributed by atoms with Crippen molar-refractivity contribution in [3.05, 3.63) is 48.3 Å². The van der Waals surface area contributed by atoms with Gasteiger partial charge in [0.1, 0.15) is 23.1 Å². The molecule has 0 amide bonds. The lowest BCUT2D eigenvalue weighted by atomic mass is 10.1. The Labute approximate surface area is 169 Å². The van der Waals surface area contributed by atoms with Gasteiger partial charge in [0.2, 0.25) is 0 Å². The van der Waals surface area contributed by atoms with Crippen LogP contribution in [0, 0.1) is 0 Å². The molecule has 4 aromatic rings. The van der Waals surface area contributed by atoms with Crippen LogP contribution in [-0.4, -0.2) is 42.3 Å². The Kier molecular flexibility index (Phi) is 5.37. The summed E-state index contributed by atoms with van der Waals surface area (Å²) < 4.78 is 16.3. The van der Waals surface area contributed by atoms with E-state index in [4.69, 9.17) is 14.2 Å². The van der Waals surface area contributed by atoms with Gasteiger partial charge in [0.25, 0.3) is 0 Å². The van der Waals surface area contributed by atoms with Crippen LogP contribution in [0.1, 0.15) is 12.5 Å². The van der Waals surface area contributed by atoms with Gasteiger partial charge in [-0.2, -0.15) is 0 Å². The second-order valence-electron chi connectivity index (χ2n) is 6.58. The normalized spacial score (nSPS) is 11.0. The Hall–Kier alpha value is -3.48. The van der Waals surface area contributed by atoms with Gasteiger partial charge in [-0.3, -0.25) is 0 Å². The van der Waals surface area contributed by atoms with Crippen molar-refractivity contribution in [1.29, 1.82) is 0 Å². The highest BCUT2D eigenvalue weighted by atomic mass is 16.5. The Morgan fingerprint density at radius 2 is 1.86 bits per heavy atom. The zero-order valence-corrected chi connectivity index (χ0v) is 16.8. The van der Waals surface area contributed by atoms with Crippen LogP contribution in [0.15, 0.2) is 42.7 Å². The first kappa shape index (κ1) is 18.9. The molecule has 0 spiro atoms. The van der Waals surface area contributed by atoms with Gasteiger partial charge in [-0.1, -0.05) is 6.07 Å². The molecule has 0 unspecified atom stereocenters. The number of ether oxygens (including phenoxy) is 3. The molecule has 0 aliphatic carbocycles. The molecule has 4 rings (SSSR count). The topological polar surface area (TPSA) is 81.3 Å². The summed E-state index contributed by atoms with van der Waals surface area (Å²) in [5.41, 5.74) is 3.93. The number of nitrogens with one attached hydrogen (secondary N) is 2. The van der Waals surface area contributed by atoms with Crippen LogP contribution in [0.4, 0.5) is 5.82 Å². The molecule has 2 N–H and O–H groups in total. The minimum atomic E-state index is 0.631. The maximum Gasteiger partial charge on any atom is 0.160 e. The molecular formula is C22H24N4O3. The maximum atomic E-state index is 5.62. The molecule has 0 aliphatic rings. The van der Waals surface area contributed by atoms with Crippen LogP contribution in [0.25, 0.3) is 21.9 Å². The van der Waals surface area contributed by atoms with Gasteiger partial charge in [0.15, 0.2) is 17.3 Å². The second-order valence-corrected chi connectivity index (χ2v) is 6.58. The molecule has 2 aromatic heterocycles. The van der Waals surface area contributed by atoms with Crippen molar-refractivity contribution in [3.63, 3.8) is 0 Å². The van der Waals surface area contributed by atoms with Crippen LogP contribution >= 0.6 is 0 Å². The summed E-state index contributed by atoms with van der Waals surface area (Å²) in [4.78, 5) is 12.3. The first-order valence-corrected chi connectivity index (χ1v) is 9.57. The molecule has 29 heavy (non-hydrogen) atoms. The van der Waals surface area contributed by atoms with Crippen molar-refractivity contribution in [2.24, 2.45) is 0 Å². The summed E-state index contributed by atoms with van der Waals surface area (Å²) in [7, 11) is 3.28. The second kappa shape index (κ2) is 8.26. The first-order chi connectivity index (χ1) is 14.2. The van der Waals surface area contributed by atoms with Crippen molar-refractivity contribution in [3.8, 4) is 17.2 Å². The number of benzene rings is 2. The Morgan fingerprint density at radius 3 is 2.66 bits per heavy atom. The third-order valence-electron chi connectivity index (χ3n) is 4.82. The van der Waals surface area contributed by atoms with Gasteiger partial charge in [0, 0.05) is 17.4 Å². The summed E-state index contributed by atoms with van der Waals surface area (Å²) >= 11 is 0. The minimum Gasteiger partial charge on any atom is -0.494 e. The zero-order valence-electron chi connectivity index (χ0n) is 16.8. The van der Waals surface area contributed by atoms with Crippen molar-refractivity contribution in [2.75, 3.05) is 32.7 Å². The fourth-order valence-corrected chi connectivity index (χ4v) is 3.42. The largest absolute Gasteiger partial charge is 0.494 e. The quantitative estimate of drug-likeness (QED) is 0.468. The molecule has 0 atom stereocenters. The average molecular weight is 392 g/mol. The van der Waals surface area contributed by atoms with Gasteiger partial charge in [-0.15, -0.1) is 0 Å². The number of rotatable bonds is 8. The number of fused-ring (bicyclic) bond motifs is 3.